The van der Waals surface area contributed by atoms with E-state index < -0.39 is 0 Å². The largest absolute Gasteiger partial charge is 0.322 e. The SMILES string of the molecule is CC(CC1CCCCC1)NCc1cc(Cc2ccccc2)ccc1NC(=O)N1CCNCC1. The number of nitrogens with zero attached hydrogens (tertiary/aromatic N) is 1. The van der Waals surface area contributed by atoms with Crippen LogP contribution in [0.5, 0.6) is 0 Å². The Labute approximate surface area is 199 Å². The lowest BCUT2D eigenvalue weighted by molar-refractivity contribution is 0.204. The first-order chi connectivity index (χ1) is 16.2. The van der Waals surface area contributed by atoms with Gasteiger partial charge in [-0.1, -0.05) is 74.6 Å². The molecule has 1 atom stereocenters. The van der Waals surface area contributed by atoms with Gasteiger partial charge in [0.15, 0.2) is 0 Å². The molecule has 0 radical (unpaired) electrons. The normalized spacial score (nSPS) is 18.2. The first-order valence-corrected chi connectivity index (χ1v) is 12.8. The van der Waals surface area contributed by atoms with Gasteiger partial charge in [-0.05, 0) is 48.4 Å². The molecule has 1 saturated heterocycles. The molecule has 2 amide bonds. The molecule has 4 rings (SSSR count). The van der Waals surface area contributed by atoms with Crippen LogP contribution in [0.15, 0.2) is 48.5 Å². The molecule has 33 heavy (non-hydrogen) atoms. The van der Waals surface area contributed by atoms with E-state index in [1.807, 2.05) is 4.90 Å². The van der Waals surface area contributed by atoms with Crippen molar-refractivity contribution in [2.45, 2.75) is 64.5 Å². The van der Waals surface area contributed by atoms with Crippen molar-refractivity contribution in [3.8, 4) is 0 Å². The van der Waals surface area contributed by atoms with Crippen LogP contribution in [0.4, 0.5) is 10.5 Å². The Balaban J connectivity index is 1.43. The number of nitrogens with one attached hydrogen (secondary N) is 3. The molecule has 178 valence electrons. The Morgan fingerprint density at radius 3 is 2.55 bits per heavy atom. The highest BCUT2D eigenvalue weighted by Crippen LogP contribution is 2.27. The maximum absolute atomic E-state index is 12.9. The summed E-state index contributed by atoms with van der Waals surface area (Å²) in [6, 6.07) is 17.6. The molecular formula is C28H40N4O. The van der Waals surface area contributed by atoms with Crippen LogP contribution in [0, 0.1) is 5.92 Å². The molecule has 1 unspecified atom stereocenters. The zero-order chi connectivity index (χ0) is 22.9. The summed E-state index contributed by atoms with van der Waals surface area (Å²) in [7, 11) is 0. The van der Waals surface area contributed by atoms with Gasteiger partial charge in [0.2, 0.25) is 0 Å². The number of rotatable bonds is 8. The predicted octanol–water partition coefficient (Wildman–Crippen LogP) is 5.16. The molecule has 0 aromatic heterocycles. The number of carbonyl (C=O) groups excluding carboxylic acids is 1. The molecule has 5 nitrogen and oxygen atoms in total. The molecule has 1 saturated carbocycles. The van der Waals surface area contributed by atoms with Gasteiger partial charge in [-0.25, -0.2) is 4.79 Å². The van der Waals surface area contributed by atoms with Crippen molar-refractivity contribution >= 4 is 11.7 Å². The van der Waals surface area contributed by atoms with Crippen molar-refractivity contribution in [1.82, 2.24) is 15.5 Å². The molecule has 2 fully saturated rings. The molecule has 1 aliphatic heterocycles. The number of amides is 2. The van der Waals surface area contributed by atoms with Gasteiger partial charge in [-0.2, -0.15) is 0 Å². The van der Waals surface area contributed by atoms with Gasteiger partial charge in [-0.3, -0.25) is 0 Å². The molecule has 2 aromatic carbocycles. The van der Waals surface area contributed by atoms with Crippen LogP contribution in [0.3, 0.4) is 0 Å². The average Bonchev–Trinajstić information content (AvgIpc) is 2.86. The minimum absolute atomic E-state index is 0.00353. The van der Waals surface area contributed by atoms with Crippen molar-refractivity contribution in [1.29, 1.82) is 0 Å². The second-order valence-electron chi connectivity index (χ2n) is 9.84. The van der Waals surface area contributed by atoms with E-state index in [2.05, 4.69) is 71.4 Å². The topological polar surface area (TPSA) is 56.4 Å². The number of benzene rings is 2. The Morgan fingerprint density at radius 2 is 1.79 bits per heavy atom. The van der Waals surface area contributed by atoms with Gasteiger partial charge in [0.05, 0.1) is 0 Å². The van der Waals surface area contributed by atoms with Gasteiger partial charge in [0.1, 0.15) is 0 Å². The summed E-state index contributed by atoms with van der Waals surface area (Å²) in [5.74, 6) is 0.859. The minimum Gasteiger partial charge on any atom is -0.322 e. The Hall–Kier alpha value is -2.37. The fourth-order valence-electron chi connectivity index (χ4n) is 5.21. The average molecular weight is 449 g/mol. The molecule has 2 aromatic rings. The summed E-state index contributed by atoms with van der Waals surface area (Å²) in [5, 5.41) is 10.3. The lowest BCUT2D eigenvalue weighted by Crippen LogP contribution is -2.48. The lowest BCUT2D eigenvalue weighted by atomic mass is 9.85. The quantitative estimate of drug-likeness (QED) is 0.523. The highest BCUT2D eigenvalue weighted by molar-refractivity contribution is 5.90. The standard InChI is InChI=1S/C28H40N4O/c1-22(18-23-8-4-2-5-9-23)30-21-26-20-25(19-24-10-6-3-7-11-24)12-13-27(26)31-28(33)32-16-14-29-15-17-32/h3,6-7,10-13,20,22-23,29-30H,2,4-5,8-9,14-19,21H2,1H3,(H,31,33). The third-order valence-corrected chi connectivity index (χ3v) is 7.12. The van der Waals surface area contributed by atoms with Crippen LogP contribution in [0.1, 0.15) is 62.1 Å². The second-order valence-corrected chi connectivity index (χ2v) is 9.84. The number of hydrogen-bond donors (Lipinski definition) is 3. The van der Waals surface area contributed by atoms with Gasteiger partial charge in [0, 0.05) is 44.5 Å². The summed E-state index contributed by atoms with van der Waals surface area (Å²) >= 11 is 0. The Bertz CT molecular complexity index is 873. The van der Waals surface area contributed by atoms with Gasteiger partial charge >= 0.3 is 6.03 Å². The van der Waals surface area contributed by atoms with Crippen molar-refractivity contribution in [2.24, 2.45) is 5.92 Å². The van der Waals surface area contributed by atoms with Crippen LogP contribution >= 0.6 is 0 Å². The number of hydrogen-bond acceptors (Lipinski definition) is 3. The highest BCUT2D eigenvalue weighted by Gasteiger charge is 2.19. The summed E-state index contributed by atoms with van der Waals surface area (Å²) in [4.78, 5) is 14.8. The first kappa shape index (κ1) is 23.8. The molecule has 1 heterocycles. The maximum atomic E-state index is 12.9. The zero-order valence-electron chi connectivity index (χ0n) is 20.1. The van der Waals surface area contributed by atoms with Crippen LogP contribution in [0.25, 0.3) is 0 Å². The fraction of sp³-hybridized carbons (Fsp3) is 0.536. The highest BCUT2D eigenvalue weighted by atomic mass is 16.2. The Morgan fingerprint density at radius 1 is 1.03 bits per heavy atom. The van der Waals surface area contributed by atoms with E-state index in [0.717, 1.165) is 50.7 Å². The number of piperazine rings is 1. The monoisotopic (exact) mass is 448 g/mol. The lowest BCUT2D eigenvalue weighted by Gasteiger charge is -2.28. The molecular weight excluding hydrogens is 408 g/mol. The number of carbonyl (C=O) groups is 1. The summed E-state index contributed by atoms with van der Waals surface area (Å²) in [6.45, 7) is 6.30. The fourth-order valence-corrected chi connectivity index (χ4v) is 5.21. The molecule has 3 N–H and O–H groups in total. The van der Waals surface area contributed by atoms with Crippen LogP contribution in [-0.2, 0) is 13.0 Å². The smallest absolute Gasteiger partial charge is 0.321 e. The van der Waals surface area contributed by atoms with E-state index in [1.54, 1.807) is 0 Å². The number of urea groups is 1. The first-order valence-electron chi connectivity index (χ1n) is 12.8. The van der Waals surface area contributed by atoms with Gasteiger partial charge < -0.3 is 20.9 Å². The molecule has 0 spiro atoms. The van der Waals surface area contributed by atoms with Crippen LogP contribution < -0.4 is 16.0 Å². The van der Waals surface area contributed by atoms with E-state index in [-0.39, 0.29) is 6.03 Å². The minimum atomic E-state index is 0.00353. The van der Waals surface area contributed by atoms with Gasteiger partial charge in [-0.15, -0.1) is 0 Å². The summed E-state index contributed by atoms with van der Waals surface area (Å²) < 4.78 is 0. The molecule has 5 heteroatoms. The van der Waals surface area contributed by atoms with E-state index in [0.29, 0.717) is 6.04 Å². The summed E-state index contributed by atoms with van der Waals surface area (Å²) in [6.07, 6.45) is 9.09. The maximum Gasteiger partial charge on any atom is 0.321 e. The predicted molar refractivity (Wildman–Crippen MR) is 137 cm³/mol. The summed E-state index contributed by atoms with van der Waals surface area (Å²) in [5.41, 5.74) is 4.67. The van der Waals surface area contributed by atoms with Crippen molar-refractivity contribution in [3.05, 3.63) is 65.2 Å². The van der Waals surface area contributed by atoms with Crippen LogP contribution in [-0.4, -0.2) is 43.2 Å². The second kappa shape index (κ2) is 12.2. The van der Waals surface area contributed by atoms with E-state index >= 15 is 0 Å². The van der Waals surface area contributed by atoms with E-state index in [9.17, 15) is 4.79 Å². The van der Waals surface area contributed by atoms with E-state index in [4.69, 9.17) is 0 Å². The van der Waals surface area contributed by atoms with Crippen molar-refractivity contribution in [2.75, 3.05) is 31.5 Å². The molecule has 2 aliphatic rings. The third-order valence-electron chi connectivity index (χ3n) is 7.12. The van der Waals surface area contributed by atoms with Crippen LogP contribution in [0.2, 0.25) is 0 Å². The van der Waals surface area contributed by atoms with Gasteiger partial charge in [0.25, 0.3) is 0 Å². The van der Waals surface area contributed by atoms with E-state index in [1.165, 1.54) is 55.2 Å². The molecule has 1 aliphatic carbocycles. The zero-order valence-corrected chi connectivity index (χ0v) is 20.1. The molecule has 0 bridgehead atoms. The number of anilines is 1. The Kier molecular flexibility index (Phi) is 8.79. The third kappa shape index (κ3) is 7.31. The van der Waals surface area contributed by atoms with Crippen molar-refractivity contribution in [3.63, 3.8) is 0 Å². The van der Waals surface area contributed by atoms with Crippen molar-refractivity contribution < 1.29 is 4.79 Å².